The van der Waals surface area contributed by atoms with Crippen molar-refractivity contribution in [1.29, 1.82) is 0 Å². The summed E-state index contributed by atoms with van der Waals surface area (Å²) in [5.74, 6) is 0.917. The van der Waals surface area contributed by atoms with E-state index in [-0.39, 0.29) is 5.92 Å². The zero-order valence-electron chi connectivity index (χ0n) is 20.2. The fourth-order valence-electron chi connectivity index (χ4n) is 5.57. The molecule has 1 aromatic heterocycles. The van der Waals surface area contributed by atoms with Crippen LogP contribution in [0.25, 0.3) is 21.9 Å². The van der Waals surface area contributed by atoms with E-state index in [4.69, 9.17) is 9.41 Å². The van der Waals surface area contributed by atoms with Gasteiger partial charge in [-0.1, -0.05) is 94.4 Å². The molecule has 5 aromatic rings. The van der Waals surface area contributed by atoms with Gasteiger partial charge < -0.3 is 4.42 Å². The third-order valence-corrected chi connectivity index (χ3v) is 7.15. The van der Waals surface area contributed by atoms with Gasteiger partial charge in [0.2, 0.25) is 0 Å². The molecule has 34 heavy (non-hydrogen) atoms. The highest BCUT2D eigenvalue weighted by molar-refractivity contribution is 6.20. The summed E-state index contributed by atoms with van der Waals surface area (Å²) in [6, 6.07) is 30.2. The number of hydrogen-bond acceptors (Lipinski definition) is 2. The number of nitrogens with zero attached hydrogens (tertiary/aromatic N) is 1. The van der Waals surface area contributed by atoms with Crippen LogP contribution in [0.3, 0.4) is 0 Å². The Morgan fingerprint density at radius 1 is 0.676 bits per heavy atom. The average Bonchev–Trinajstić information content (AvgIpc) is 3.42. The van der Waals surface area contributed by atoms with Gasteiger partial charge >= 0.3 is 0 Å². The van der Waals surface area contributed by atoms with Gasteiger partial charge in [-0.3, -0.25) is 4.99 Å². The lowest BCUT2D eigenvalue weighted by Gasteiger charge is -2.26. The van der Waals surface area contributed by atoms with Crippen molar-refractivity contribution in [3.05, 3.63) is 113 Å². The van der Waals surface area contributed by atoms with Gasteiger partial charge in [0.05, 0.1) is 17.3 Å². The largest absolute Gasteiger partial charge is 0.455 e. The molecule has 0 fully saturated rings. The lowest BCUT2D eigenvalue weighted by molar-refractivity contribution is 0.668. The molecule has 168 valence electrons. The molecule has 2 nitrogen and oxygen atoms in total. The van der Waals surface area contributed by atoms with Crippen LogP contribution < -0.4 is 0 Å². The van der Waals surface area contributed by atoms with Gasteiger partial charge in [0.1, 0.15) is 11.2 Å². The molecule has 4 aromatic carbocycles. The van der Waals surface area contributed by atoms with Crippen molar-refractivity contribution in [2.24, 2.45) is 4.99 Å². The van der Waals surface area contributed by atoms with E-state index >= 15 is 0 Å². The number of para-hydroxylation sites is 3. The Bertz CT molecular complexity index is 1540. The Labute approximate surface area is 201 Å². The Morgan fingerprint density at radius 3 is 2.09 bits per heavy atom. The fraction of sp³-hybridized carbons (Fsp3) is 0.219. The van der Waals surface area contributed by atoms with E-state index in [0.717, 1.165) is 38.9 Å². The molecule has 0 radical (unpaired) electrons. The predicted octanol–water partition coefficient (Wildman–Crippen LogP) is 9.10. The zero-order chi connectivity index (χ0) is 23.4. The van der Waals surface area contributed by atoms with E-state index in [1.54, 1.807) is 0 Å². The molecule has 0 bridgehead atoms. The number of rotatable bonds is 4. The molecule has 2 heteroatoms. The maximum Gasteiger partial charge on any atom is 0.144 e. The van der Waals surface area contributed by atoms with Crippen molar-refractivity contribution in [3.8, 4) is 0 Å². The van der Waals surface area contributed by atoms with E-state index in [2.05, 4.69) is 100 Å². The summed E-state index contributed by atoms with van der Waals surface area (Å²) in [7, 11) is 0. The summed E-state index contributed by atoms with van der Waals surface area (Å²) in [5.41, 5.74) is 10.6. The highest BCUT2D eigenvalue weighted by Gasteiger charge is 2.35. The van der Waals surface area contributed by atoms with Crippen molar-refractivity contribution >= 4 is 33.3 Å². The van der Waals surface area contributed by atoms with Gasteiger partial charge in [0.25, 0.3) is 0 Å². The lowest BCUT2D eigenvalue weighted by Crippen LogP contribution is -2.17. The standard InChI is InChI=1S/C32H29NO/c1-19(2)21-13-9-14-22(20(3)4)29(21)30-25-12-5-7-17-27(25)33-31(30)26-16-10-15-24-23-11-6-8-18-28(23)34-32(24)26/h5-20,30H,1-4H3. The molecule has 2 heterocycles. The van der Waals surface area contributed by atoms with Crippen LogP contribution in [0, 0.1) is 0 Å². The number of hydrogen-bond donors (Lipinski definition) is 0. The molecule has 0 N–H and O–H groups in total. The van der Waals surface area contributed by atoms with Crippen LogP contribution in [0.4, 0.5) is 5.69 Å². The Balaban J connectivity index is 1.67. The highest BCUT2D eigenvalue weighted by Crippen LogP contribution is 2.47. The first-order valence-corrected chi connectivity index (χ1v) is 12.3. The minimum Gasteiger partial charge on any atom is -0.455 e. The van der Waals surface area contributed by atoms with Crippen LogP contribution in [0.2, 0.25) is 0 Å². The Hall–Kier alpha value is -3.65. The van der Waals surface area contributed by atoms with Crippen molar-refractivity contribution in [1.82, 2.24) is 0 Å². The number of aliphatic imine (C=N–C) groups is 1. The molecule has 1 atom stereocenters. The number of benzene rings is 4. The SMILES string of the molecule is CC(C)c1cccc(C(C)C)c1C1C(c2cccc3c2oc2ccccc23)=Nc2ccccc21. The van der Waals surface area contributed by atoms with E-state index in [1.807, 2.05) is 12.1 Å². The smallest absolute Gasteiger partial charge is 0.144 e. The molecule has 1 unspecified atom stereocenters. The van der Waals surface area contributed by atoms with Gasteiger partial charge in [0.15, 0.2) is 0 Å². The van der Waals surface area contributed by atoms with Crippen molar-refractivity contribution < 1.29 is 4.42 Å². The molecule has 0 saturated heterocycles. The first-order valence-electron chi connectivity index (χ1n) is 12.3. The summed E-state index contributed by atoms with van der Waals surface area (Å²) < 4.78 is 6.45. The average molecular weight is 444 g/mol. The molecule has 6 rings (SSSR count). The lowest BCUT2D eigenvalue weighted by atomic mass is 9.76. The summed E-state index contributed by atoms with van der Waals surface area (Å²) in [6.07, 6.45) is 0. The third kappa shape index (κ3) is 3.13. The maximum atomic E-state index is 6.45. The first kappa shape index (κ1) is 20.9. The molecule has 0 amide bonds. The summed E-state index contributed by atoms with van der Waals surface area (Å²) in [4.78, 5) is 5.26. The van der Waals surface area contributed by atoms with Crippen LogP contribution in [0.5, 0.6) is 0 Å². The predicted molar refractivity (Wildman–Crippen MR) is 143 cm³/mol. The fourth-order valence-corrected chi connectivity index (χ4v) is 5.57. The van der Waals surface area contributed by atoms with Gasteiger partial charge in [-0.25, -0.2) is 0 Å². The van der Waals surface area contributed by atoms with Gasteiger partial charge in [-0.05, 0) is 52.3 Å². The summed E-state index contributed by atoms with van der Waals surface area (Å²) in [5, 5.41) is 2.30. The molecule has 0 spiro atoms. The number of fused-ring (bicyclic) bond motifs is 4. The van der Waals surface area contributed by atoms with Gasteiger partial charge in [0, 0.05) is 16.3 Å². The van der Waals surface area contributed by atoms with Gasteiger partial charge in [-0.2, -0.15) is 0 Å². The monoisotopic (exact) mass is 443 g/mol. The minimum atomic E-state index is 0.0750. The van der Waals surface area contributed by atoms with Crippen molar-refractivity contribution in [3.63, 3.8) is 0 Å². The van der Waals surface area contributed by atoms with Crippen LogP contribution in [0.15, 0.2) is 94.3 Å². The molecule has 1 aliphatic rings. The van der Waals surface area contributed by atoms with Crippen molar-refractivity contribution in [2.45, 2.75) is 45.4 Å². The Morgan fingerprint density at radius 2 is 1.32 bits per heavy atom. The topological polar surface area (TPSA) is 25.5 Å². The molecular weight excluding hydrogens is 414 g/mol. The van der Waals surface area contributed by atoms with Crippen LogP contribution in [0.1, 0.15) is 73.3 Å². The molecule has 0 saturated carbocycles. The zero-order valence-corrected chi connectivity index (χ0v) is 20.2. The second-order valence-corrected chi connectivity index (χ2v) is 9.93. The molecular formula is C32H29NO. The second-order valence-electron chi connectivity index (χ2n) is 9.93. The molecule has 1 aliphatic heterocycles. The minimum absolute atomic E-state index is 0.0750. The Kier molecular flexibility index (Phi) is 4.91. The van der Waals surface area contributed by atoms with E-state index < -0.39 is 0 Å². The first-order chi connectivity index (χ1) is 16.5. The third-order valence-electron chi connectivity index (χ3n) is 7.15. The summed E-state index contributed by atoms with van der Waals surface area (Å²) >= 11 is 0. The molecule has 0 aliphatic carbocycles. The maximum absolute atomic E-state index is 6.45. The highest BCUT2D eigenvalue weighted by atomic mass is 16.3. The van der Waals surface area contributed by atoms with E-state index in [0.29, 0.717) is 11.8 Å². The van der Waals surface area contributed by atoms with Crippen LogP contribution >= 0.6 is 0 Å². The van der Waals surface area contributed by atoms with Crippen molar-refractivity contribution in [2.75, 3.05) is 0 Å². The second kappa shape index (κ2) is 7.99. The van der Waals surface area contributed by atoms with E-state index in [1.165, 1.54) is 22.3 Å². The normalized spacial score (nSPS) is 15.5. The summed E-state index contributed by atoms with van der Waals surface area (Å²) in [6.45, 7) is 9.17. The van der Waals surface area contributed by atoms with Crippen LogP contribution in [-0.2, 0) is 0 Å². The number of furan rings is 1. The quantitative estimate of drug-likeness (QED) is 0.272. The van der Waals surface area contributed by atoms with Gasteiger partial charge in [-0.15, -0.1) is 0 Å². The van der Waals surface area contributed by atoms with Crippen LogP contribution in [-0.4, -0.2) is 5.71 Å². The van der Waals surface area contributed by atoms with E-state index in [9.17, 15) is 0 Å².